The van der Waals surface area contributed by atoms with Gasteiger partial charge in [-0.3, -0.25) is 13.9 Å². The van der Waals surface area contributed by atoms with Crippen molar-refractivity contribution < 1.29 is 37.7 Å². The van der Waals surface area contributed by atoms with E-state index in [0.717, 1.165) is 11.8 Å². The molecule has 248 valence electrons. The number of aliphatic hydroxyl groups is 1. The third kappa shape index (κ3) is 6.94. The largest absolute Gasteiger partial charge is 0.476 e. The van der Waals surface area contributed by atoms with Gasteiger partial charge >= 0.3 is 13.7 Å². The van der Waals surface area contributed by atoms with Gasteiger partial charge in [-0.2, -0.15) is 15.1 Å². The molecule has 1 aliphatic heterocycles. The van der Waals surface area contributed by atoms with Gasteiger partial charge in [-0.1, -0.05) is 49.7 Å². The number of esters is 1. The Balaban J connectivity index is 1.40. The zero-order valence-electron chi connectivity index (χ0n) is 26.2. The minimum atomic E-state index is -4.31. The Morgan fingerprint density at radius 2 is 1.98 bits per heavy atom. The molecule has 16 heteroatoms. The molecule has 1 aliphatic rings. The molecule has 5 rings (SSSR count). The second kappa shape index (κ2) is 13.9. The van der Waals surface area contributed by atoms with Gasteiger partial charge in [0.15, 0.2) is 17.4 Å². The van der Waals surface area contributed by atoms with Crippen molar-refractivity contribution in [2.75, 3.05) is 25.6 Å². The summed E-state index contributed by atoms with van der Waals surface area (Å²) in [6.07, 6.45) is -0.413. The number of carbonyl (C=O) groups is 1. The molecule has 0 saturated carbocycles. The zero-order valence-corrected chi connectivity index (χ0v) is 27.1. The lowest BCUT2D eigenvalue weighted by Crippen LogP contribution is -2.52. The summed E-state index contributed by atoms with van der Waals surface area (Å²) in [5.41, 5.74) is 11.8. The summed E-state index contributed by atoms with van der Waals surface area (Å²) in [5.74, 6) is -0.206. The normalized spacial score (nSPS) is 23.3. The molecule has 0 amide bonds. The van der Waals surface area contributed by atoms with Gasteiger partial charge in [0.25, 0.3) is 0 Å². The van der Waals surface area contributed by atoms with E-state index < -0.39 is 50.3 Å². The van der Waals surface area contributed by atoms with E-state index in [1.54, 1.807) is 26.0 Å². The third-order valence-electron chi connectivity index (χ3n) is 7.59. The highest BCUT2D eigenvalue weighted by Crippen LogP contribution is 2.48. The Morgan fingerprint density at radius 3 is 2.74 bits per heavy atom. The highest BCUT2D eigenvalue weighted by Gasteiger charge is 2.53. The number of rotatable bonds is 14. The van der Waals surface area contributed by atoms with E-state index in [1.807, 2.05) is 37.3 Å². The molecule has 1 fully saturated rings. The van der Waals surface area contributed by atoms with E-state index in [-0.39, 0.29) is 29.8 Å². The monoisotopic (exact) mass is 657 g/mol. The summed E-state index contributed by atoms with van der Waals surface area (Å²) < 4.78 is 44.8. The Labute approximate surface area is 266 Å². The Hall–Kier alpha value is -3.85. The fourth-order valence-corrected chi connectivity index (χ4v) is 6.66. The number of aromatic nitrogens is 4. The predicted molar refractivity (Wildman–Crippen MR) is 170 cm³/mol. The lowest BCUT2D eigenvalue weighted by molar-refractivity contribution is -0.145. The number of nitrogens with zero attached hydrogens (tertiary/aromatic N) is 4. The van der Waals surface area contributed by atoms with Crippen LogP contribution < -0.4 is 25.8 Å². The van der Waals surface area contributed by atoms with Crippen LogP contribution in [0.5, 0.6) is 11.6 Å². The molecule has 2 aromatic carbocycles. The standard InChI is InChI=1S/C30H40N7O8P/c1-5-7-15-42-27(39)18(3)36-46(40,45-21-14-10-12-19-11-8-9-13-20(19)21)43-16-22-24(38)30(4,32)28(44-22)37-17-33-23-25(37)34-29(31)35-26(23)41-6-2/h8-14,17-18,22,24,28,38H,5-7,15-16,32H2,1-4H3,(H,36,40)(H2,31,34,35)/t18-,22?,24+,28+,30+,46?/m0/s1. The highest BCUT2D eigenvalue weighted by molar-refractivity contribution is 7.52. The molecule has 4 aromatic rings. The maximum Gasteiger partial charge on any atom is 0.459 e. The average Bonchev–Trinajstić information content (AvgIpc) is 3.53. The lowest BCUT2D eigenvalue weighted by Gasteiger charge is -2.28. The summed E-state index contributed by atoms with van der Waals surface area (Å²) in [7, 11) is -4.31. The van der Waals surface area contributed by atoms with Crippen molar-refractivity contribution in [3.8, 4) is 11.6 Å². The van der Waals surface area contributed by atoms with Crippen LogP contribution in [-0.2, 0) is 23.4 Å². The Kier molecular flexibility index (Phi) is 10.1. The number of nitrogens with two attached hydrogens (primary N) is 2. The molecule has 2 unspecified atom stereocenters. The first kappa shape index (κ1) is 33.5. The van der Waals surface area contributed by atoms with Gasteiger partial charge in [-0.15, -0.1) is 0 Å². The summed E-state index contributed by atoms with van der Waals surface area (Å²) in [6.45, 7) is 7.00. The van der Waals surface area contributed by atoms with Crippen molar-refractivity contribution in [2.24, 2.45) is 5.73 Å². The molecule has 3 heterocycles. The predicted octanol–water partition coefficient (Wildman–Crippen LogP) is 3.46. The number of unbranched alkanes of at least 4 members (excludes halogenated alkanes) is 1. The molecule has 0 radical (unpaired) electrons. The molecular weight excluding hydrogens is 617 g/mol. The first-order valence-electron chi connectivity index (χ1n) is 15.1. The summed E-state index contributed by atoms with van der Waals surface area (Å²) in [4.78, 5) is 25.5. The number of nitrogen functional groups attached to an aromatic ring is 1. The van der Waals surface area contributed by atoms with Crippen LogP contribution in [0.1, 0.15) is 46.8 Å². The van der Waals surface area contributed by atoms with Crippen LogP contribution in [0, 0.1) is 0 Å². The fourth-order valence-electron chi connectivity index (χ4n) is 5.14. The Bertz CT molecular complexity index is 1730. The van der Waals surface area contributed by atoms with E-state index in [1.165, 1.54) is 17.8 Å². The number of hydrogen-bond donors (Lipinski definition) is 4. The van der Waals surface area contributed by atoms with Crippen LogP contribution in [0.15, 0.2) is 48.8 Å². The molecule has 2 aromatic heterocycles. The molecule has 0 aliphatic carbocycles. The van der Waals surface area contributed by atoms with E-state index in [0.29, 0.717) is 23.9 Å². The summed E-state index contributed by atoms with van der Waals surface area (Å²) in [6, 6.07) is 11.6. The lowest BCUT2D eigenvalue weighted by atomic mass is 9.93. The van der Waals surface area contributed by atoms with Crippen LogP contribution >= 0.6 is 7.75 Å². The first-order chi connectivity index (χ1) is 22.0. The molecule has 6 atom stereocenters. The maximum atomic E-state index is 14.3. The van der Waals surface area contributed by atoms with Crippen molar-refractivity contribution in [3.63, 3.8) is 0 Å². The van der Waals surface area contributed by atoms with Crippen LogP contribution in [0.2, 0.25) is 0 Å². The maximum absolute atomic E-state index is 14.3. The SMILES string of the molecule is CCCCOC(=O)[C@H](C)NP(=O)(OCC1O[C@@H](n2cnc3c(OCC)nc(N)nc32)[C@](C)(N)[C@@H]1O)Oc1cccc2ccccc12. The van der Waals surface area contributed by atoms with E-state index >= 15 is 0 Å². The van der Waals surface area contributed by atoms with Crippen molar-refractivity contribution >= 4 is 41.6 Å². The number of aliphatic hydroxyl groups excluding tert-OH is 1. The van der Waals surface area contributed by atoms with Gasteiger partial charge < -0.3 is 35.3 Å². The van der Waals surface area contributed by atoms with Crippen LogP contribution in [0.25, 0.3) is 21.9 Å². The summed E-state index contributed by atoms with van der Waals surface area (Å²) >= 11 is 0. The molecule has 0 bridgehead atoms. The van der Waals surface area contributed by atoms with Crippen LogP contribution in [0.4, 0.5) is 5.95 Å². The third-order valence-corrected chi connectivity index (χ3v) is 9.22. The van der Waals surface area contributed by atoms with Crippen LogP contribution in [0.3, 0.4) is 0 Å². The second-order valence-electron chi connectivity index (χ2n) is 11.2. The average molecular weight is 658 g/mol. The number of hydrogen-bond acceptors (Lipinski definition) is 13. The smallest absolute Gasteiger partial charge is 0.459 e. The Morgan fingerprint density at radius 1 is 1.22 bits per heavy atom. The minimum Gasteiger partial charge on any atom is -0.476 e. The molecule has 1 saturated heterocycles. The van der Waals surface area contributed by atoms with Crippen LogP contribution in [-0.4, -0.2) is 74.2 Å². The van der Waals surface area contributed by atoms with Crippen molar-refractivity contribution in [2.45, 2.75) is 70.6 Å². The van der Waals surface area contributed by atoms with Crippen molar-refractivity contribution in [1.82, 2.24) is 24.6 Å². The van der Waals surface area contributed by atoms with Crippen molar-refractivity contribution in [3.05, 3.63) is 48.8 Å². The van der Waals surface area contributed by atoms with Gasteiger partial charge in [0.1, 0.15) is 24.0 Å². The van der Waals surface area contributed by atoms with Gasteiger partial charge in [-0.05, 0) is 38.6 Å². The number of ether oxygens (including phenoxy) is 3. The van der Waals surface area contributed by atoms with Gasteiger partial charge in [0.05, 0.1) is 31.7 Å². The number of carbonyl (C=O) groups excluding carboxylic acids is 1. The van der Waals surface area contributed by atoms with E-state index in [4.69, 9.17) is 34.7 Å². The highest BCUT2D eigenvalue weighted by atomic mass is 31.2. The van der Waals surface area contributed by atoms with E-state index in [2.05, 4.69) is 20.0 Å². The molecule has 0 spiro atoms. The molecule has 46 heavy (non-hydrogen) atoms. The fraction of sp³-hybridized carbons (Fsp3) is 0.467. The summed E-state index contributed by atoms with van der Waals surface area (Å²) in [5, 5.41) is 15.5. The number of imidazole rings is 1. The minimum absolute atomic E-state index is 0.0465. The first-order valence-corrected chi connectivity index (χ1v) is 16.6. The number of benzene rings is 2. The molecule has 15 nitrogen and oxygen atoms in total. The van der Waals surface area contributed by atoms with Gasteiger partial charge in [-0.25, -0.2) is 9.55 Å². The second-order valence-corrected chi connectivity index (χ2v) is 12.9. The molecular formula is C30H40N7O8P. The number of anilines is 1. The number of nitrogens with one attached hydrogen (secondary N) is 1. The van der Waals surface area contributed by atoms with Gasteiger partial charge in [0, 0.05) is 5.39 Å². The number of fused-ring (bicyclic) bond motifs is 2. The van der Waals surface area contributed by atoms with Gasteiger partial charge in [0.2, 0.25) is 11.8 Å². The van der Waals surface area contributed by atoms with E-state index in [9.17, 15) is 14.5 Å². The molecule has 6 N–H and O–H groups in total. The zero-order chi connectivity index (χ0) is 33.1. The topological polar surface area (TPSA) is 208 Å². The quantitative estimate of drug-likeness (QED) is 0.0870. The van der Waals surface area contributed by atoms with Crippen molar-refractivity contribution in [1.29, 1.82) is 0 Å².